The largest absolute Gasteiger partial charge is 0.505 e. The second kappa shape index (κ2) is 10.4. The zero-order valence-corrected chi connectivity index (χ0v) is 25.4. The minimum absolute atomic E-state index is 0.0470. The molecule has 0 aliphatic rings. The second-order valence-corrected chi connectivity index (χ2v) is 23.9. The Bertz CT molecular complexity index is 1140. The first-order chi connectivity index (χ1) is 16.2. The van der Waals surface area contributed by atoms with Crippen molar-refractivity contribution in [2.75, 3.05) is 13.7 Å². The molecule has 0 amide bonds. The highest BCUT2D eigenvalue weighted by Crippen LogP contribution is 2.30. The van der Waals surface area contributed by atoms with Crippen LogP contribution in [0.5, 0.6) is 17.2 Å². The lowest BCUT2D eigenvalue weighted by Gasteiger charge is -2.39. The first kappa shape index (κ1) is 27.4. The molecule has 1 unspecified atom stereocenters. The van der Waals surface area contributed by atoms with Gasteiger partial charge in [-0.1, -0.05) is 6.92 Å². The summed E-state index contributed by atoms with van der Waals surface area (Å²) in [6.45, 7) is 18.1. The normalized spacial score (nSPS) is 13.7. The molecule has 0 saturated carbocycles. The summed E-state index contributed by atoms with van der Waals surface area (Å²) in [6.07, 6.45) is 0. The van der Waals surface area contributed by atoms with Crippen molar-refractivity contribution in [3.63, 3.8) is 0 Å². The van der Waals surface area contributed by atoms with Gasteiger partial charge in [-0.2, -0.15) is 0 Å². The highest BCUT2D eigenvalue weighted by atomic mass is 28.5. The van der Waals surface area contributed by atoms with E-state index in [1.165, 1.54) is 4.80 Å². The highest BCUT2D eigenvalue weighted by molar-refractivity contribution is 6.87. The number of methoxy groups -OCH3 is 1. The fourth-order valence-electron chi connectivity index (χ4n) is 4.22. The summed E-state index contributed by atoms with van der Waals surface area (Å²) >= 11 is 0. The van der Waals surface area contributed by atoms with Crippen molar-refractivity contribution in [1.82, 2.24) is 15.0 Å². The third-order valence-electron chi connectivity index (χ3n) is 5.05. The second-order valence-electron chi connectivity index (χ2n) is 11.2. The highest BCUT2D eigenvalue weighted by Gasteiger charge is 2.41. The predicted octanol–water partition coefficient (Wildman–Crippen LogP) is 5.92. The smallest absolute Gasteiger partial charge is 0.314 e. The Balaban J connectivity index is 1.68. The zero-order chi connectivity index (χ0) is 26.0. The molecule has 1 N–H and O–H groups in total. The van der Waals surface area contributed by atoms with Crippen molar-refractivity contribution in [2.24, 2.45) is 5.92 Å². The van der Waals surface area contributed by atoms with E-state index in [1.807, 2.05) is 24.3 Å². The molecule has 35 heavy (non-hydrogen) atoms. The standard InChI is InChI=1S/C24H39N3O5Si3/c1-18(17-35(9,31-33(3,4)5)32-34(6,7)8)16-30-20-11-13-23(24(28)15-20)27-25-21-12-10-19(29-2)14-22(21)26-27/h10-15,18,28H,16-17H2,1-9H3. The zero-order valence-electron chi connectivity index (χ0n) is 22.4. The summed E-state index contributed by atoms with van der Waals surface area (Å²) in [5.41, 5.74) is 1.88. The van der Waals surface area contributed by atoms with Crippen molar-refractivity contribution in [3.05, 3.63) is 36.4 Å². The lowest BCUT2D eigenvalue weighted by Crippen LogP contribution is -2.53. The Morgan fingerprint density at radius 3 is 2.03 bits per heavy atom. The molecule has 0 aliphatic carbocycles. The summed E-state index contributed by atoms with van der Waals surface area (Å²) < 4.78 is 24.5. The number of nitrogens with zero attached hydrogens (tertiary/aromatic N) is 3. The van der Waals surface area contributed by atoms with Crippen LogP contribution >= 0.6 is 0 Å². The molecule has 0 spiro atoms. The molecule has 3 aromatic rings. The molecule has 3 rings (SSSR count). The number of phenolic OH excluding ortho intramolecular Hbond substituents is 1. The van der Waals surface area contributed by atoms with E-state index in [0.717, 1.165) is 6.04 Å². The molecule has 1 aromatic heterocycles. The van der Waals surface area contributed by atoms with Crippen LogP contribution in [0.15, 0.2) is 36.4 Å². The van der Waals surface area contributed by atoms with Gasteiger partial charge in [-0.05, 0) is 82.1 Å². The molecule has 8 nitrogen and oxygen atoms in total. The number of rotatable bonds is 11. The Hall–Kier alpha value is -2.19. The summed E-state index contributed by atoms with van der Waals surface area (Å²) in [6, 6.07) is 11.5. The minimum Gasteiger partial charge on any atom is -0.505 e. The number of benzene rings is 2. The van der Waals surface area contributed by atoms with E-state index < -0.39 is 25.2 Å². The summed E-state index contributed by atoms with van der Waals surface area (Å²) in [5, 5.41) is 19.6. The third kappa shape index (κ3) is 7.90. The van der Waals surface area contributed by atoms with Crippen LogP contribution in [-0.2, 0) is 8.23 Å². The van der Waals surface area contributed by atoms with Crippen LogP contribution in [-0.4, -0.2) is 59.0 Å². The molecule has 0 fully saturated rings. The number of hydrogen-bond donors (Lipinski definition) is 1. The third-order valence-corrected chi connectivity index (χ3v) is 14.8. The molecule has 0 aliphatic heterocycles. The van der Waals surface area contributed by atoms with E-state index in [2.05, 4.69) is 63.0 Å². The Kier molecular flexibility index (Phi) is 8.16. The predicted molar refractivity (Wildman–Crippen MR) is 147 cm³/mol. The summed E-state index contributed by atoms with van der Waals surface area (Å²) in [7, 11) is -4.23. The van der Waals surface area contributed by atoms with Crippen molar-refractivity contribution in [3.8, 4) is 22.9 Å². The van der Waals surface area contributed by atoms with Gasteiger partial charge < -0.3 is 22.8 Å². The molecule has 1 atom stereocenters. The average molecular weight is 534 g/mol. The quantitative estimate of drug-likeness (QED) is 0.306. The molecular weight excluding hydrogens is 495 g/mol. The van der Waals surface area contributed by atoms with Gasteiger partial charge in [-0.25, -0.2) is 0 Å². The van der Waals surface area contributed by atoms with E-state index in [-0.39, 0.29) is 11.7 Å². The lowest BCUT2D eigenvalue weighted by atomic mass is 10.2. The summed E-state index contributed by atoms with van der Waals surface area (Å²) in [4.78, 5) is 1.42. The maximum Gasteiger partial charge on any atom is 0.314 e. The van der Waals surface area contributed by atoms with Crippen LogP contribution in [0.25, 0.3) is 16.7 Å². The Morgan fingerprint density at radius 2 is 1.46 bits per heavy atom. The number of aromatic hydroxyl groups is 1. The van der Waals surface area contributed by atoms with Gasteiger partial charge in [0, 0.05) is 12.1 Å². The van der Waals surface area contributed by atoms with Gasteiger partial charge >= 0.3 is 8.56 Å². The number of phenols is 1. The van der Waals surface area contributed by atoms with Crippen LogP contribution < -0.4 is 9.47 Å². The fraction of sp³-hybridized carbons (Fsp3) is 0.500. The van der Waals surface area contributed by atoms with Gasteiger partial charge in [-0.3, -0.25) is 0 Å². The maximum absolute atomic E-state index is 10.6. The van der Waals surface area contributed by atoms with Crippen molar-refractivity contribution in [2.45, 2.75) is 58.8 Å². The van der Waals surface area contributed by atoms with Crippen LogP contribution in [0.2, 0.25) is 51.9 Å². The van der Waals surface area contributed by atoms with Crippen molar-refractivity contribution in [1.29, 1.82) is 0 Å². The van der Waals surface area contributed by atoms with Crippen LogP contribution in [0.3, 0.4) is 0 Å². The van der Waals surface area contributed by atoms with Crippen LogP contribution in [0, 0.1) is 5.92 Å². The average Bonchev–Trinajstić information content (AvgIpc) is 3.11. The number of ether oxygens (including phenoxy) is 2. The van der Waals surface area contributed by atoms with Gasteiger partial charge in [-0.15, -0.1) is 15.0 Å². The number of fused-ring (bicyclic) bond motifs is 1. The minimum atomic E-state index is -2.34. The van der Waals surface area contributed by atoms with E-state index in [4.69, 9.17) is 17.7 Å². The molecular formula is C24H39N3O5Si3. The van der Waals surface area contributed by atoms with Crippen LogP contribution in [0.4, 0.5) is 0 Å². The van der Waals surface area contributed by atoms with Gasteiger partial charge in [0.2, 0.25) is 0 Å². The number of aromatic nitrogens is 3. The fourth-order valence-corrected chi connectivity index (χ4v) is 17.2. The Morgan fingerprint density at radius 1 is 0.857 bits per heavy atom. The van der Waals surface area contributed by atoms with Crippen molar-refractivity contribution < 1.29 is 22.8 Å². The maximum atomic E-state index is 10.6. The van der Waals surface area contributed by atoms with E-state index in [9.17, 15) is 5.11 Å². The van der Waals surface area contributed by atoms with E-state index >= 15 is 0 Å². The first-order valence-corrected chi connectivity index (χ1v) is 21.3. The SMILES string of the molecule is COc1ccc2nn(-c3ccc(OCC(C)C[Si](C)(O[Si](C)(C)C)O[Si](C)(C)C)cc3O)nc2c1. The lowest BCUT2D eigenvalue weighted by molar-refractivity contribution is 0.257. The monoisotopic (exact) mass is 533 g/mol. The van der Waals surface area contributed by atoms with Crippen molar-refractivity contribution >= 4 is 36.2 Å². The van der Waals surface area contributed by atoms with E-state index in [1.54, 1.807) is 19.2 Å². The summed E-state index contributed by atoms with van der Waals surface area (Å²) in [5.74, 6) is 1.59. The van der Waals surface area contributed by atoms with Gasteiger partial charge in [0.05, 0.1) is 13.7 Å². The molecule has 0 radical (unpaired) electrons. The number of hydrogen-bond acceptors (Lipinski definition) is 7. The molecule has 0 saturated heterocycles. The van der Waals surface area contributed by atoms with Gasteiger partial charge in [0.15, 0.2) is 16.6 Å². The van der Waals surface area contributed by atoms with E-state index in [0.29, 0.717) is 34.8 Å². The van der Waals surface area contributed by atoms with Gasteiger partial charge in [0.1, 0.15) is 34.0 Å². The topological polar surface area (TPSA) is 87.9 Å². The first-order valence-electron chi connectivity index (χ1n) is 11.9. The van der Waals surface area contributed by atoms with Crippen LogP contribution in [0.1, 0.15) is 6.92 Å². The Labute approximate surface area is 211 Å². The molecule has 192 valence electrons. The molecule has 0 bridgehead atoms. The molecule has 2 aromatic carbocycles. The molecule has 11 heteroatoms. The van der Waals surface area contributed by atoms with Gasteiger partial charge in [0.25, 0.3) is 0 Å². The molecule has 1 heterocycles.